The number of hydrogen-bond donors (Lipinski definition) is 0. The summed E-state index contributed by atoms with van der Waals surface area (Å²) in [6.07, 6.45) is 0. The maximum absolute atomic E-state index is 12.4. The molecule has 0 N–H and O–H groups in total. The lowest BCUT2D eigenvalue weighted by atomic mass is 10.2. The van der Waals surface area contributed by atoms with E-state index in [0.717, 1.165) is 16.9 Å². The van der Waals surface area contributed by atoms with E-state index < -0.39 is 8.77 Å². The lowest BCUT2D eigenvalue weighted by Gasteiger charge is -2.09. The average Bonchev–Trinajstić information content (AvgIpc) is 2.46. The van der Waals surface area contributed by atoms with E-state index in [1.165, 1.54) is 0 Å². The highest BCUT2D eigenvalue weighted by Gasteiger charge is 2.11. The quantitative estimate of drug-likeness (QED) is 0.849. The maximum atomic E-state index is 12.4. The van der Waals surface area contributed by atoms with Crippen LogP contribution in [0, 0.1) is 6.92 Å². The topological polar surface area (TPSA) is 35.5 Å². The van der Waals surface area contributed by atoms with Gasteiger partial charge in [-0.25, -0.2) is 4.21 Å². The van der Waals surface area contributed by atoms with Crippen LogP contribution in [0.25, 0.3) is 0 Å². The van der Waals surface area contributed by atoms with Crippen molar-refractivity contribution in [3.05, 3.63) is 59.7 Å². The van der Waals surface area contributed by atoms with Crippen LogP contribution in [0.2, 0.25) is 0 Å². The van der Waals surface area contributed by atoms with Gasteiger partial charge in [0.05, 0.1) is 18.6 Å². The molecule has 1 atom stereocenters. The van der Waals surface area contributed by atoms with Gasteiger partial charge in [0.25, 0.3) is 0 Å². The molecule has 0 saturated heterocycles. The Morgan fingerprint density at radius 2 is 1.85 bits per heavy atom. The fourth-order valence-electron chi connectivity index (χ4n) is 1.68. The Balaban J connectivity index is 2.10. The Bertz CT molecular complexity index is 677. The van der Waals surface area contributed by atoms with E-state index in [1.807, 2.05) is 43.3 Å². The van der Waals surface area contributed by atoms with Gasteiger partial charge in [-0.15, -0.1) is 0 Å². The van der Waals surface area contributed by atoms with Crippen LogP contribution in [-0.2, 0) is 30.8 Å². The number of methoxy groups -OCH3 is 1. The first-order valence-electron chi connectivity index (χ1n) is 6.10. The summed E-state index contributed by atoms with van der Waals surface area (Å²) in [6, 6.07) is 14.6. The molecular formula is C15H16O3S2. The lowest BCUT2D eigenvalue weighted by molar-refractivity contribution is 0.334. The van der Waals surface area contributed by atoms with E-state index >= 15 is 0 Å². The van der Waals surface area contributed by atoms with Crippen molar-refractivity contribution >= 4 is 20.0 Å². The van der Waals surface area contributed by atoms with E-state index in [1.54, 1.807) is 19.2 Å². The molecule has 1 unspecified atom stereocenters. The largest absolute Gasteiger partial charge is 0.497 e. The molecular weight excluding hydrogens is 292 g/mol. The second kappa shape index (κ2) is 6.35. The summed E-state index contributed by atoms with van der Waals surface area (Å²) >= 11 is 5.09. The summed E-state index contributed by atoms with van der Waals surface area (Å²) in [4.78, 5) is 0.529. The van der Waals surface area contributed by atoms with Gasteiger partial charge in [0.2, 0.25) is 0 Å². The van der Waals surface area contributed by atoms with Gasteiger partial charge in [-0.1, -0.05) is 29.8 Å². The van der Waals surface area contributed by atoms with Gasteiger partial charge in [0, 0.05) is 11.2 Å². The highest BCUT2D eigenvalue weighted by Crippen LogP contribution is 2.18. The zero-order valence-corrected chi connectivity index (χ0v) is 13.0. The molecule has 0 heterocycles. The van der Waals surface area contributed by atoms with Crippen LogP contribution in [0.1, 0.15) is 11.1 Å². The molecule has 106 valence electrons. The molecule has 0 fully saturated rings. The molecule has 0 aromatic heterocycles. The molecule has 0 spiro atoms. The van der Waals surface area contributed by atoms with Crippen molar-refractivity contribution in [2.75, 3.05) is 7.11 Å². The summed E-state index contributed by atoms with van der Waals surface area (Å²) in [5.41, 5.74) is 1.96. The summed E-state index contributed by atoms with van der Waals surface area (Å²) in [5, 5.41) is 0. The van der Waals surface area contributed by atoms with Crippen LogP contribution in [0.5, 0.6) is 5.75 Å². The van der Waals surface area contributed by atoms with Crippen LogP contribution in [0.15, 0.2) is 53.4 Å². The van der Waals surface area contributed by atoms with Crippen molar-refractivity contribution in [2.45, 2.75) is 18.4 Å². The normalized spacial score (nSPS) is 13.7. The Hall–Kier alpha value is -1.43. The van der Waals surface area contributed by atoms with Gasteiger partial charge in [0.1, 0.15) is 5.75 Å². The van der Waals surface area contributed by atoms with Gasteiger partial charge in [0.15, 0.2) is 8.77 Å². The van der Waals surface area contributed by atoms with E-state index in [-0.39, 0.29) is 6.61 Å². The predicted octanol–water partition coefficient (Wildman–Crippen LogP) is 3.24. The van der Waals surface area contributed by atoms with E-state index in [9.17, 15) is 4.21 Å². The first-order valence-corrected chi connectivity index (χ1v) is 8.51. The van der Waals surface area contributed by atoms with E-state index in [2.05, 4.69) is 0 Å². The minimum Gasteiger partial charge on any atom is -0.497 e. The molecule has 20 heavy (non-hydrogen) atoms. The SMILES string of the molecule is COc1cccc(COS(=O)(=S)c2ccc(C)cc2)c1. The summed E-state index contributed by atoms with van der Waals surface area (Å²) in [5.74, 6) is 0.734. The van der Waals surface area contributed by atoms with Gasteiger partial charge in [-0.3, -0.25) is 4.18 Å². The van der Waals surface area contributed by atoms with Gasteiger partial charge < -0.3 is 4.74 Å². The summed E-state index contributed by atoms with van der Waals surface area (Å²) in [7, 11) is -1.30. The predicted molar refractivity (Wildman–Crippen MR) is 82.7 cm³/mol. The van der Waals surface area contributed by atoms with E-state index in [4.69, 9.17) is 20.1 Å². The van der Waals surface area contributed by atoms with Crippen LogP contribution in [0.4, 0.5) is 0 Å². The van der Waals surface area contributed by atoms with E-state index in [0.29, 0.717) is 4.90 Å². The lowest BCUT2D eigenvalue weighted by Crippen LogP contribution is -2.05. The third-order valence-electron chi connectivity index (χ3n) is 2.82. The second-order valence-electron chi connectivity index (χ2n) is 4.38. The Labute approximate surface area is 124 Å². The molecule has 0 saturated carbocycles. The van der Waals surface area contributed by atoms with Crippen LogP contribution < -0.4 is 4.74 Å². The molecule has 0 aliphatic heterocycles. The number of ether oxygens (including phenoxy) is 1. The van der Waals surface area contributed by atoms with Gasteiger partial charge >= 0.3 is 0 Å². The Morgan fingerprint density at radius 1 is 1.15 bits per heavy atom. The fourth-order valence-corrected chi connectivity index (χ4v) is 3.06. The number of benzene rings is 2. The second-order valence-corrected chi connectivity index (χ2v) is 7.31. The smallest absolute Gasteiger partial charge is 0.173 e. The van der Waals surface area contributed by atoms with Crippen LogP contribution in [0.3, 0.4) is 0 Å². The summed E-state index contributed by atoms with van der Waals surface area (Å²) < 4.78 is 22.9. The molecule has 2 aromatic rings. The van der Waals surface area contributed by atoms with Crippen molar-refractivity contribution < 1.29 is 13.1 Å². The van der Waals surface area contributed by atoms with Crippen LogP contribution in [-0.4, -0.2) is 11.3 Å². The third-order valence-corrected chi connectivity index (χ3v) is 4.97. The molecule has 0 aliphatic carbocycles. The van der Waals surface area contributed by atoms with Crippen molar-refractivity contribution in [3.63, 3.8) is 0 Å². The number of aryl methyl sites for hydroxylation is 1. The zero-order valence-electron chi connectivity index (χ0n) is 11.4. The molecule has 0 radical (unpaired) electrons. The molecule has 2 aromatic carbocycles. The minimum atomic E-state index is -2.90. The fraction of sp³-hybridized carbons (Fsp3) is 0.200. The minimum absolute atomic E-state index is 0.188. The van der Waals surface area contributed by atoms with Gasteiger partial charge in [-0.2, -0.15) is 0 Å². The molecule has 0 aliphatic rings. The molecule has 0 bridgehead atoms. The Kier molecular flexibility index (Phi) is 4.75. The van der Waals surface area contributed by atoms with Crippen molar-refractivity contribution in [2.24, 2.45) is 0 Å². The van der Waals surface area contributed by atoms with Crippen molar-refractivity contribution in [3.8, 4) is 5.75 Å². The first-order chi connectivity index (χ1) is 9.51. The van der Waals surface area contributed by atoms with Crippen molar-refractivity contribution in [1.82, 2.24) is 0 Å². The average molecular weight is 308 g/mol. The van der Waals surface area contributed by atoms with Crippen LogP contribution >= 0.6 is 0 Å². The monoisotopic (exact) mass is 308 g/mol. The van der Waals surface area contributed by atoms with Gasteiger partial charge in [-0.05, 0) is 36.8 Å². The number of hydrogen-bond acceptors (Lipinski definition) is 4. The van der Waals surface area contributed by atoms with Crippen molar-refractivity contribution in [1.29, 1.82) is 0 Å². The molecule has 5 heteroatoms. The standard InChI is InChI=1S/C15H16O3S2/c1-12-6-8-15(9-7-12)20(16,19)18-11-13-4-3-5-14(10-13)17-2/h3-10H,11H2,1-2H3. The molecule has 0 amide bonds. The molecule has 2 rings (SSSR count). The number of rotatable bonds is 5. The molecule has 3 nitrogen and oxygen atoms in total. The maximum Gasteiger partial charge on any atom is 0.173 e. The summed E-state index contributed by atoms with van der Waals surface area (Å²) in [6.45, 7) is 2.15. The zero-order chi connectivity index (χ0) is 14.6. The highest BCUT2D eigenvalue weighted by molar-refractivity contribution is 8.30. The first kappa shape index (κ1) is 15.0. The Morgan fingerprint density at radius 3 is 2.50 bits per heavy atom. The third kappa shape index (κ3) is 3.79. The highest BCUT2D eigenvalue weighted by atomic mass is 32.8.